The van der Waals surface area contributed by atoms with Crippen LogP contribution in [0.2, 0.25) is 0 Å². The Morgan fingerprint density at radius 1 is 0.818 bits per heavy atom. The second-order valence-electron chi connectivity index (χ2n) is 4.91. The summed E-state index contributed by atoms with van der Waals surface area (Å²) < 4.78 is 10.8. The SMILES string of the molecule is O=C(COc1cccc2ccccc12)OCc1ccccc1. The van der Waals surface area contributed by atoms with E-state index in [2.05, 4.69) is 0 Å². The molecule has 3 heteroatoms. The van der Waals surface area contributed by atoms with Gasteiger partial charge in [-0.15, -0.1) is 0 Å². The number of carbonyl (C=O) groups excluding carboxylic acids is 1. The first-order chi connectivity index (χ1) is 10.8. The van der Waals surface area contributed by atoms with Crippen LogP contribution in [0.15, 0.2) is 72.8 Å². The number of rotatable bonds is 5. The van der Waals surface area contributed by atoms with Crippen molar-refractivity contribution in [1.82, 2.24) is 0 Å². The zero-order chi connectivity index (χ0) is 15.2. The highest BCUT2D eigenvalue weighted by atomic mass is 16.6. The first-order valence-corrected chi connectivity index (χ1v) is 7.13. The molecule has 0 amide bonds. The van der Waals surface area contributed by atoms with Crippen LogP contribution in [0.25, 0.3) is 10.8 Å². The molecule has 3 aromatic carbocycles. The van der Waals surface area contributed by atoms with E-state index in [1.807, 2.05) is 72.8 Å². The molecule has 0 N–H and O–H groups in total. The summed E-state index contributed by atoms with van der Waals surface area (Å²) in [6, 6.07) is 23.3. The Morgan fingerprint density at radius 3 is 2.41 bits per heavy atom. The van der Waals surface area contributed by atoms with E-state index in [0.717, 1.165) is 16.3 Å². The van der Waals surface area contributed by atoms with Crippen molar-refractivity contribution in [3.63, 3.8) is 0 Å². The highest BCUT2D eigenvalue weighted by Crippen LogP contribution is 2.25. The van der Waals surface area contributed by atoms with Gasteiger partial charge in [-0.3, -0.25) is 0 Å². The van der Waals surface area contributed by atoms with E-state index in [0.29, 0.717) is 5.75 Å². The van der Waals surface area contributed by atoms with Gasteiger partial charge in [-0.05, 0) is 17.0 Å². The van der Waals surface area contributed by atoms with Gasteiger partial charge in [0, 0.05) is 5.39 Å². The van der Waals surface area contributed by atoms with Gasteiger partial charge in [0.2, 0.25) is 0 Å². The Hall–Kier alpha value is -2.81. The molecular formula is C19H16O3. The molecule has 0 aliphatic heterocycles. The Kier molecular flexibility index (Phi) is 4.35. The van der Waals surface area contributed by atoms with Gasteiger partial charge in [0.25, 0.3) is 0 Å². The lowest BCUT2D eigenvalue weighted by Gasteiger charge is -2.09. The minimum Gasteiger partial charge on any atom is -0.481 e. The topological polar surface area (TPSA) is 35.5 Å². The standard InChI is InChI=1S/C19H16O3/c20-19(22-13-15-7-2-1-3-8-15)14-21-18-12-6-10-16-9-4-5-11-17(16)18/h1-12H,13-14H2. The van der Waals surface area contributed by atoms with Gasteiger partial charge in [-0.2, -0.15) is 0 Å². The second kappa shape index (κ2) is 6.76. The van der Waals surface area contributed by atoms with Crippen molar-refractivity contribution in [2.75, 3.05) is 6.61 Å². The lowest BCUT2D eigenvalue weighted by molar-refractivity contribution is -0.147. The van der Waals surface area contributed by atoms with Crippen molar-refractivity contribution >= 4 is 16.7 Å². The Balaban J connectivity index is 1.58. The van der Waals surface area contributed by atoms with E-state index >= 15 is 0 Å². The molecule has 0 radical (unpaired) electrons. The fraction of sp³-hybridized carbons (Fsp3) is 0.105. The Labute approximate surface area is 129 Å². The first kappa shape index (κ1) is 14.1. The highest BCUT2D eigenvalue weighted by molar-refractivity contribution is 5.88. The molecule has 0 bridgehead atoms. The van der Waals surface area contributed by atoms with E-state index in [9.17, 15) is 4.79 Å². The van der Waals surface area contributed by atoms with Gasteiger partial charge in [0.05, 0.1) is 0 Å². The molecule has 0 saturated heterocycles. The number of fused-ring (bicyclic) bond motifs is 1. The summed E-state index contributed by atoms with van der Waals surface area (Å²) in [6.45, 7) is 0.166. The maximum absolute atomic E-state index is 11.8. The fourth-order valence-corrected chi connectivity index (χ4v) is 2.24. The Bertz CT molecular complexity index is 760. The first-order valence-electron chi connectivity index (χ1n) is 7.13. The Morgan fingerprint density at radius 2 is 1.55 bits per heavy atom. The summed E-state index contributed by atoms with van der Waals surface area (Å²) in [4.78, 5) is 11.8. The summed E-state index contributed by atoms with van der Waals surface area (Å²) in [6.07, 6.45) is 0. The van der Waals surface area contributed by atoms with Crippen LogP contribution in [0.5, 0.6) is 5.75 Å². The summed E-state index contributed by atoms with van der Waals surface area (Å²) in [5.41, 5.74) is 0.959. The van der Waals surface area contributed by atoms with Crippen molar-refractivity contribution < 1.29 is 14.3 Å². The van der Waals surface area contributed by atoms with Gasteiger partial charge >= 0.3 is 5.97 Å². The largest absolute Gasteiger partial charge is 0.481 e. The van der Waals surface area contributed by atoms with E-state index in [4.69, 9.17) is 9.47 Å². The van der Waals surface area contributed by atoms with E-state index in [1.54, 1.807) is 0 Å². The molecule has 3 aromatic rings. The van der Waals surface area contributed by atoms with Crippen LogP contribution in [0.1, 0.15) is 5.56 Å². The molecule has 0 fully saturated rings. The molecule has 0 aliphatic rings. The second-order valence-corrected chi connectivity index (χ2v) is 4.91. The summed E-state index contributed by atoms with van der Waals surface area (Å²) in [5, 5.41) is 2.07. The number of hydrogen-bond acceptors (Lipinski definition) is 3. The summed E-state index contributed by atoms with van der Waals surface area (Å²) >= 11 is 0. The molecule has 3 nitrogen and oxygen atoms in total. The van der Waals surface area contributed by atoms with Crippen molar-refractivity contribution in [3.05, 3.63) is 78.4 Å². The lowest BCUT2D eigenvalue weighted by Crippen LogP contribution is -2.14. The smallest absolute Gasteiger partial charge is 0.344 e. The van der Waals surface area contributed by atoms with Crippen LogP contribution in [0.3, 0.4) is 0 Å². The summed E-state index contributed by atoms with van der Waals surface area (Å²) in [5.74, 6) is 0.312. The quantitative estimate of drug-likeness (QED) is 0.668. The van der Waals surface area contributed by atoms with E-state index in [-0.39, 0.29) is 19.2 Å². The normalized spacial score (nSPS) is 10.4. The van der Waals surface area contributed by atoms with Crippen LogP contribution in [0, 0.1) is 0 Å². The third-order valence-corrected chi connectivity index (χ3v) is 3.34. The molecule has 0 saturated carbocycles. The lowest BCUT2D eigenvalue weighted by atomic mass is 10.1. The van der Waals surface area contributed by atoms with Gasteiger partial charge < -0.3 is 9.47 Å². The molecule has 0 aliphatic carbocycles. The van der Waals surface area contributed by atoms with Crippen LogP contribution < -0.4 is 4.74 Å². The number of hydrogen-bond donors (Lipinski definition) is 0. The van der Waals surface area contributed by atoms with Gasteiger partial charge in [-0.25, -0.2) is 4.79 Å². The molecule has 0 spiro atoms. The number of carbonyl (C=O) groups is 1. The third-order valence-electron chi connectivity index (χ3n) is 3.34. The fourth-order valence-electron chi connectivity index (χ4n) is 2.24. The molecule has 0 unspecified atom stereocenters. The zero-order valence-electron chi connectivity index (χ0n) is 12.1. The molecule has 0 heterocycles. The van der Waals surface area contributed by atoms with Crippen LogP contribution in [0.4, 0.5) is 0 Å². The molecular weight excluding hydrogens is 276 g/mol. The van der Waals surface area contributed by atoms with Crippen LogP contribution in [-0.2, 0) is 16.1 Å². The molecule has 0 aromatic heterocycles. The van der Waals surface area contributed by atoms with Crippen molar-refractivity contribution in [2.24, 2.45) is 0 Å². The zero-order valence-corrected chi connectivity index (χ0v) is 12.1. The number of benzene rings is 3. The monoisotopic (exact) mass is 292 g/mol. The van der Waals surface area contributed by atoms with Crippen molar-refractivity contribution in [3.8, 4) is 5.75 Å². The number of ether oxygens (including phenoxy) is 2. The van der Waals surface area contributed by atoms with E-state index in [1.165, 1.54) is 0 Å². The average molecular weight is 292 g/mol. The molecule has 0 atom stereocenters. The maximum Gasteiger partial charge on any atom is 0.344 e. The predicted molar refractivity (Wildman–Crippen MR) is 85.7 cm³/mol. The maximum atomic E-state index is 11.8. The number of esters is 1. The van der Waals surface area contributed by atoms with Gasteiger partial charge in [-0.1, -0.05) is 66.7 Å². The molecule has 3 rings (SSSR count). The van der Waals surface area contributed by atoms with Crippen molar-refractivity contribution in [2.45, 2.75) is 6.61 Å². The minimum absolute atomic E-state index is 0.0964. The van der Waals surface area contributed by atoms with E-state index < -0.39 is 0 Å². The summed E-state index contributed by atoms with van der Waals surface area (Å²) in [7, 11) is 0. The average Bonchev–Trinajstić information content (AvgIpc) is 2.59. The highest BCUT2D eigenvalue weighted by Gasteiger charge is 2.07. The van der Waals surface area contributed by atoms with Gasteiger partial charge in [0.1, 0.15) is 12.4 Å². The third kappa shape index (κ3) is 3.44. The van der Waals surface area contributed by atoms with Crippen LogP contribution >= 0.6 is 0 Å². The van der Waals surface area contributed by atoms with Crippen LogP contribution in [-0.4, -0.2) is 12.6 Å². The molecule has 110 valence electrons. The minimum atomic E-state index is -0.378. The molecule has 22 heavy (non-hydrogen) atoms. The van der Waals surface area contributed by atoms with Crippen molar-refractivity contribution in [1.29, 1.82) is 0 Å². The predicted octanol–water partition coefficient (Wildman–Crippen LogP) is 3.96. The van der Waals surface area contributed by atoms with Gasteiger partial charge in [0.15, 0.2) is 6.61 Å².